The van der Waals surface area contributed by atoms with E-state index in [9.17, 15) is 16.8 Å². The minimum atomic E-state index is -3.64. The lowest BCUT2D eigenvalue weighted by atomic mass is 10.1. The van der Waals surface area contributed by atoms with Gasteiger partial charge in [-0.3, -0.25) is 0 Å². The van der Waals surface area contributed by atoms with Crippen molar-refractivity contribution in [1.82, 2.24) is 4.72 Å². The molecule has 0 bridgehead atoms. The van der Waals surface area contributed by atoms with Gasteiger partial charge in [-0.1, -0.05) is 6.07 Å². The number of benzene rings is 1. The molecule has 1 aromatic carbocycles. The van der Waals surface area contributed by atoms with E-state index in [1.807, 2.05) is 0 Å². The third kappa shape index (κ3) is 2.30. The molecule has 0 saturated heterocycles. The summed E-state index contributed by atoms with van der Waals surface area (Å²) in [5.74, 6) is 0. The molecule has 1 N–H and O–H groups in total. The Labute approximate surface area is 114 Å². The smallest absolute Gasteiger partial charge is 0.223 e. The summed E-state index contributed by atoms with van der Waals surface area (Å²) in [7, 11) is -5.75. The van der Waals surface area contributed by atoms with Crippen LogP contribution in [0.1, 0.15) is 24.5 Å². The number of sulfone groups is 1. The fourth-order valence-electron chi connectivity index (χ4n) is 2.32. The number of hydrogen-bond donors (Lipinski definition) is 1. The molecule has 0 saturated carbocycles. The van der Waals surface area contributed by atoms with E-state index in [1.54, 1.807) is 19.9 Å². The summed E-state index contributed by atoms with van der Waals surface area (Å²) < 4.78 is 50.5. The first kappa shape index (κ1) is 14.5. The molecule has 106 valence electrons. The molecule has 0 radical (unpaired) electrons. The summed E-state index contributed by atoms with van der Waals surface area (Å²) in [5.41, 5.74) is 1.28. The zero-order valence-corrected chi connectivity index (χ0v) is 12.7. The highest BCUT2D eigenvalue weighted by Gasteiger charge is 2.32. The van der Waals surface area contributed by atoms with Gasteiger partial charge in [-0.05, 0) is 50.9 Å². The maximum atomic E-state index is 12.3. The zero-order chi connectivity index (χ0) is 14.4. The zero-order valence-electron chi connectivity index (χ0n) is 11.1. The molecule has 1 aliphatic rings. The van der Waals surface area contributed by atoms with E-state index < -0.39 is 25.1 Å². The van der Waals surface area contributed by atoms with E-state index in [-0.39, 0.29) is 9.79 Å². The summed E-state index contributed by atoms with van der Waals surface area (Å²) in [6.07, 6.45) is 1.24. The quantitative estimate of drug-likeness (QED) is 0.884. The molecule has 0 aromatic heterocycles. The largest absolute Gasteiger partial charge is 0.240 e. The molecule has 7 heteroatoms. The fourth-order valence-corrected chi connectivity index (χ4v) is 5.04. The van der Waals surface area contributed by atoms with Crippen LogP contribution in [0.3, 0.4) is 0 Å². The molecule has 19 heavy (non-hydrogen) atoms. The van der Waals surface area contributed by atoms with Gasteiger partial charge in [-0.2, -0.15) is 0 Å². The first-order valence-electron chi connectivity index (χ1n) is 6.01. The van der Waals surface area contributed by atoms with E-state index in [2.05, 4.69) is 4.72 Å². The van der Waals surface area contributed by atoms with Crippen molar-refractivity contribution < 1.29 is 16.8 Å². The van der Waals surface area contributed by atoms with Crippen LogP contribution in [0.15, 0.2) is 21.9 Å². The van der Waals surface area contributed by atoms with Crippen molar-refractivity contribution in [3.8, 4) is 0 Å². The normalized spacial score (nSPS) is 21.9. The van der Waals surface area contributed by atoms with Gasteiger partial charge in [-0.25, -0.2) is 21.6 Å². The number of fused-ring (bicyclic) bond motifs is 1. The Morgan fingerprint density at radius 3 is 2.53 bits per heavy atom. The molecule has 2 rings (SSSR count). The molecule has 0 fully saturated rings. The SMILES string of the molecule is CNS(=O)(=O)c1cc2c(cc1C)CCC(C)S2(=O)=O. The van der Waals surface area contributed by atoms with Crippen LogP contribution in [-0.4, -0.2) is 29.1 Å². The van der Waals surface area contributed by atoms with E-state index >= 15 is 0 Å². The van der Waals surface area contributed by atoms with E-state index in [0.717, 1.165) is 0 Å². The topological polar surface area (TPSA) is 80.3 Å². The summed E-state index contributed by atoms with van der Waals surface area (Å²) in [6.45, 7) is 3.33. The molecule has 1 heterocycles. The highest BCUT2D eigenvalue weighted by Crippen LogP contribution is 2.33. The minimum Gasteiger partial charge on any atom is -0.223 e. The van der Waals surface area contributed by atoms with Crippen LogP contribution in [0, 0.1) is 6.92 Å². The Balaban J connectivity index is 2.76. The average Bonchev–Trinajstić information content (AvgIpc) is 2.33. The Kier molecular flexibility index (Phi) is 3.49. The van der Waals surface area contributed by atoms with Gasteiger partial charge in [0.05, 0.1) is 15.0 Å². The standard InChI is InChI=1S/C12H17NO4S2/c1-8-6-10-5-4-9(2)18(14,15)12(10)7-11(8)19(16,17)13-3/h6-7,9,13H,4-5H2,1-3H3. The first-order valence-corrected chi connectivity index (χ1v) is 9.04. The Hall–Kier alpha value is -0.920. The number of sulfonamides is 1. The predicted octanol–water partition coefficient (Wildman–Crippen LogP) is 1.01. The van der Waals surface area contributed by atoms with Gasteiger partial charge in [-0.15, -0.1) is 0 Å². The fraction of sp³-hybridized carbons (Fsp3) is 0.500. The van der Waals surface area contributed by atoms with Crippen LogP contribution in [-0.2, 0) is 26.3 Å². The maximum Gasteiger partial charge on any atom is 0.240 e. The third-order valence-electron chi connectivity index (χ3n) is 3.57. The van der Waals surface area contributed by atoms with Gasteiger partial charge < -0.3 is 0 Å². The van der Waals surface area contributed by atoms with Crippen molar-refractivity contribution in [2.45, 2.75) is 41.7 Å². The van der Waals surface area contributed by atoms with Gasteiger partial charge in [0, 0.05) is 0 Å². The van der Waals surface area contributed by atoms with Crippen molar-refractivity contribution in [2.75, 3.05) is 7.05 Å². The van der Waals surface area contributed by atoms with E-state index in [4.69, 9.17) is 0 Å². The summed E-state index contributed by atoms with van der Waals surface area (Å²) >= 11 is 0. The van der Waals surface area contributed by atoms with Crippen molar-refractivity contribution in [2.24, 2.45) is 0 Å². The second kappa shape index (κ2) is 4.57. The molecular formula is C12H17NO4S2. The first-order chi connectivity index (χ1) is 8.70. The average molecular weight is 303 g/mol. The number of rotatable bonds is 2. The van der Waals surface area contributed by atoms with Gasteiger partial charge in [0.2, 0.25) is 10.0 Å². The maximum absolute atomic E-state index is 12.3. The van der Waals surface area contributed by atoms with Gasteiger partial charge in [0.25, 0.3) is 0 Å². The summed E-state index contributed by atoms with van der Waals surface area (Å²) in [4.78, 5) is 0.192. The van der Waals surface area contributed by atoms with Gasteiger partial charge >= 0.3 is 0 Å². The Bertz CT molecular complexity index is 720. The molecule has 1 aliphatic heterocycles. The monoisotopic (exact) mass is 303 g/mol. The highest BCUT2D eigenvalue weighted by molar-refractivity contribution is 7.92. The minimum absolute atomic E-state index is 0.0337. The third-order valence-corrected chi connectivity index (χ3v) is 7.42. The molecule has 1 atom stereocenters. The van der Waals surface area contributed by atoms with Crippen molar-refractivity contribution >= 4 is 19.9 Å². The second-order valence-electron chi connectivity index (χ2n) is 4.83. The lowest BCUT2D eigenvalue weighted by Gasteiger charge is -2.23. The number of hydrogen-bond acceptors (Lipinski definition) is 4. The van der Waals surface area contributed by atoms with Crippen LogP contribution in [0.4, 0.5) is 0 Å². The summed E-state index contributed by atoms with van der Waals surface area (Å²) in [6, 6.07) is 2.96. The van der Waals surface area contributed by atoms with Crippen molar-refractivity contribution in [3.63, 3.8) is 0 Å². The van der Waals surface area contributed by atoms with E-state index in [1.165, 1.54) is 13.1 Å². The van der Waals surface area contributed by atoms with Crippen LogP contribution in [0.25, 0.3) is 0 Å². The molecular weight excluding hydrogens is 286 g/mol. The number of nitrogens with one attached hydrogen (secondary N) is 1. The Morgan fingerprint density at radius 1 is 1.32 bits per heavy atom. The predicted molar refractivity (Wildman–Crippen MR) is 72.4 cm³/mol. The molecule has 1 unspecified atom stereocenters. The molecule has 0 aliphatic carbocycles. The lowest BCUT2D eigenvalue weighted by molar-refractivity contribution is 0.565. The van der Waals surface area contributed by atoms with Crippen LogP contribution in [0.5, 0.6) is 0 Å². The lowest BCUT2D eigenvalue weighted by Crippen LogP contribution is -2.26. The molecule has 0 amide bonds. The molecule has 1 aromatic rings. The molecule has 5 nitrogen and oxygen atoms in total. The van der Waals surface area contributed by atoms with E-state index in [0.29, 0.717) is 24.0 Å². The van der Waals surface area contributed by atoms with Crippen LogP contribution >= 0.6 is 0 Å². The van der Waals surface area contributed by atoms with Gasteiger partial charge in [0.1, 0.15) is 0 Å². The van der Waals surface area contributed by atoms with Crippen LogP contribution in [0.2, 0.25) is 0 Å². The second-order valence-corrected chi connectivity index (χ2v) is 9.02. The van der Waals surface area contributed by atoms with Crippen molar-refractivity contribution in [3.05, 3.63) is 23.3 Å². The van der Waals surface area contributed by atoms with Gasteiger partial charge in [0.15, 0.2) is 9.84 Å². The Morgan fingerprint density at radius 2 is 1.95 bits per heavy atom. The van der Waals surface area contributed by atoms with Crippen molar-refractivity contribution in [1.29, 1.82) is 0 Å². The molecule has 0 spiro atoms. The summed E-state index contributed by atoms with van der Waals surface area (Å²) in [5, 5.41) is -0.465. The highest BCUT2D eigenvalue weighted by atomic mass is 32.2. The van der Waals surface area contributed by atoms with Crippen LogP contribution < -0.4 is 4.72 Å². The number of aryl methyl sites for hydroxylation is 2.